The van der Waals surface area contributed by atoms with E-state index < -0.39 is 132 Å². The SMILES string of the molecule is CC(C)C[C@H](NC(=O)[C@H](CCCN=C(N)N)NC(=O)[C@@H]1CCCN1C(=O)[C@H](CC(N)=O)NC(=O)[C@H](Cc1ccccc1)NC(=O)[C@H](C)NC(=O)[C@H](Cc1ccccc1)NC(=O)[C@H](CC(=O)O)NC(=O)[C@H](C)N)C(N)=O. The van der Waals surface area contributed by atoms with E-state index in [2.05, 4.69) is 42.2 Å². The molecule has 0 bridgehead atoms. The van der Waals surface area contributed by atoms with E-state index in [9.17, 15) is 57.8 Å². The Morgan fingerprint density at radius 3 is 1.61 bits per heavy atom. The lowest BCUT2D eigenvalue weighted by Gasteiger charge is -2.31. The average Bonchev–Trinajstić information content (AvgIpc) is 3.84. The first kappa shape index (κ1) is 61.1. The van der Waals surface area contributed by atoms with Crippen molar-refractivity contribution in [3.8, 4) is 0 Å². The van der Waals surface area contributed by atoms with Crippen LogP contribution in [-0.2, 0) is 65.6 Å². The molecule has 2 aromatic rings. The molecule has 0 aliphatic carbocycles. The molecule has 9 atom stereocenters. The van der Waals surface area contributed by atoms with Gasteiger partial charge in [0.1, 0.15) is 48.3 Å². The lowest BCUT2D eigenvalue weighted by molar-refractivity contribution is -0.143. The third kappa shape index (κ3) is 21.1. The maximum absolute atomic E-state index is 14.4. The average molecular weight is 1050 g/mol. The van der Waals surface area contributed by atoms with Gasteiger partial charge in [0, 0.05) is 25.9 Å². The highest BCUT2D eigenvalue weighted by Crippen LogP contribution is 2.21. The number of likely N-dealkylation sites (tertiary alicyclic amines) is 1. The van der Waals surface area contributed by atoms with Crippen LogP contribution >= 0.6 is 0 Å². The van der Waals surface area contributed by atoms with Gasteiger partial charge in [-0.25, -0.2) is 0 Å². The lowest BCUT2D eigenvalue weighted by Crippen LogP contribution is -2.60. The monoisotopic (exact) mass is 1050 g/mol. The number of aliphatic imine (C=N–C) groups is 1. The highest BCUT2D eigenvalue weighted by atomic mass is 16.4. The lowest BCUT2D eigenvalue weighted by atomic mass is 10.0. The Hall–Kier alpha value is -8.16. The number of nitrogens with two attached hydrogens (primary N) is 5. The number of benzene rings is 2. The number of aliphatic carboxylic acids is 1. The molecular weight excluding hydrogens is 977 g/mol. The van der Waals surface area contributed by atoms with Crippen molar-refractivity contribution in [1.29, 1.82) is 0 Å². The van der Waals surface area contributed by atoms with Gasteiger partial charge in [-0.3, -0.25) is 57.7 Å². The summed E-state index contributed by atoms with van der Waals surface area (Å²) in [7, 11) is 0. The molecule has 1 fully saturated rings. The van der Waals surface area contributed by atoms with Gasteiger partial charge in [0.2, 0.25) is 59.1 Å². The summed E-state index contributed by atoms with van der Waals surface area (Å²) in [6.45, 7) is 6.37. The number of nitrogens with zero attached hydrogens (tertiary/aromatic N) is 2. The van der Waals surface area contributed by atoms with Crippen molar-refractivity contribution in [1.82, 2.24) is 42.1 Å². The van der Waals surface area contributed by atoms with E-state index in [1.165, 1.54) is 13.8 Å². The van der Waals surface area contributed by atoms with Crippen molar-refractivity contribution in [2.24, 2.45) is 39.6 Å². The summed E-state index contributed by atoms with van der Waals surface area (Å²) in [6, 6.07) is 4.59. The fourth-order valence-corrected chi connectivity index (χ4v) is 7.96. The Morgan fingerprint density at radius 1 is 0.613 bits per heavy atom. The van der Waals surface area contributed by atoms with Gasteiger partial charge in [-0.1, -0.05) is 74.5 Å². The quantitative estimate of drug-likeness (QED) is 0.0203. The highest BCUT2D eigenvalue weighted by Gasteiger charge is 2.41. The number of carbonyl (C=O) groups is 11. The van der Waals surface area contributed by atoms with E-state index in [1.807, 2.05) is 13.8 Å². The van der Waals surface area contributed by atoms with Crippen LogP contribution in [0.1, 0.15) is 83.8 Å². The number of rotatable bonds is 30. The smallest absolute Gasteiger partial charge is 0.305 e. The second-order valence-electron chi connectivity index (χ2n) is 18.7. The fourth-order valence-electron chi connectivity index (χ4n) is 7.96. The van der Waals surface area contributed by atoms with Gasteiger partial charge >= 0.3 is 5.97 Å². The summed E-state index contributed by atoms with van der Waals surface area (Å²) >= 11 is 0. The van der Waals surface area contributed by atoms with Crippen molar-refractivity contribution in [2.45, 2.75) is 140 Å². The molecule has 18 N–H and O–H groups in total. The van der Waals surface area contributed by atoms with E-state index in [0.29, 0.717) is 17.5 Å². The van der Waals surface area contributed by atoms with Crippen LogP contribution < -0.4 is 65.9 Å². The molecule has 26 nitrogen and oxygen atoms in total. The van der Waals surface area contributed by atoms with Crippen LogP contribution in [0.4, 0.5) is 0 Å². The zero-order valence-electron chi connectivity index (χ0n) is 42.5. The van der Waals surface area contributed by atoms with Crippen LogP contribution in [0.5, 0.6) is 0 Å². The number of hydrogen-bond donors (Lipinski definition) is 13. The van der Waals surface area contributed by atoms with Gasteiger partial charge < -0.3 is 75.9 Å². The molecule has 75 heavy (non-hydrogen) atoms. The van der Waals surface area contributed by atoms with E-state index in [1.54, 1.807) is 60.7 Å². The van der Waals surface area contributed by atoms with Crippen molar-refractivity contribution < 1.29 is 57.8 Å². The first-order chi connectivity index (χ1) is 35.4. The van der Waals surface area contributed by atoms with Crippen molar-refractivity contribution in [3.63, 3.8) is 0 Å². The van der Waals surface area contributed by atoms with Gasteiger partial charge in [0.05, 0.1) is 18.9 Å². The molecule has 1 aliphatic rings. The molecule has 2 aromatic carbocycles. The first-order valence-electron chi connectivity index (χ1n) is 24.5. The maximum atomic E-state index is 14.4. The summed E-state index contributed by atoms with van der Waals surface area (Å²) in [5, 5.41) is 27.1. The van der Waals surface area contributed by atoms with Crippen LogP contribution in [-0.4, -0.2) is 148 Å². The minimum absolute atomic E-state index is 0.00356. The van der Waals surface area contributed by atoms with Gasteiger partial charge in [-0.2, -0.15) is 0 Å². The van der Waals surface area contributed by atoms with Gasteiger partial charge in [0.15, 0.2) is 5.96 Å². The Morgan fingerprint density at radius 2 is 1.11 bits per heavy atom. The third-order valence-electron chi connectivity index (χ3n) is 11.8. The summed E-state index contributed by atoms with van der Waals surface area (Å²) in [5.74, 6) is -10.4. The number of amides is 10. The van der Waals surface area contributed by atoms with Gasteiger partial charge in [0.25, 0.3) is 0 Å². The predicted octanol–water partition coefficient (Wildman–Crippen LogP) is -3.84. The van der Waals surface area contributed by atoms with E-state index in [0.717, 1.165) is 4.90 Å². The van der Waals surface area contributed by atoms with Crippen LogP contribution in [0, 0.1) is 5.92 Å². The number of carbonyl (C=O) groups excluding carboxylic acids is 10. The molecule has 0 saturated carbocycles. The molecule has 10 amide bonds. The molecule has 1 heterocycles. The van der Waals surface area contributed by atoms with Gasteiger partial charge in [-0.15, -0.1) is 0 Å². The number of guanidine groups is 1. The third-order valence-corrected chi connectivity index (χ3v) is 11.8. The molecule has 410 valence electrons. The second-order valence-corrected chi connectivity index (χ2v) is 18.7. The molecule has 0 aromatic heterocycles. The number of hydrogen-bond acceptors (Lipinski definition) is 13. The Balaban J connectivity index is 1.87. The van der Waals surface area contributed by atoms with Crippen LogP contribution in [0.15, 0.2) is 65.7 Å². The van der Waals surface area contributed by atoms with E-state index in [4.69, 9.17) is 28.7 Å². The topological polar surface area (TPSA) is 438 Å². The van der Waals surface area contributed by atoms with Crippen molar-refractivity contribution in [3.05, 3.63) is 71.8 Å². The number of primary amides is 2. The molecule has 0 unspecified atom stereocenters. The molecular formula is C49H72N14O12. The van der Waals surface area contributed by atoms with E-state index in [-0.39, 0.29) is 63.5 Å². The zero-order valence-corrected chi connectivity index (χ0v) is 42.5. The molecule has 1 saturated heterocycles. The minimum atomic E-state index is -1.66. The minimum Gasteiger partial charge on any atom is -0.481 e. The Bertz CT molecular complexity index is 2370. The predicted molar refractivity (Wildman–Crippen MR) is 272 cm³/mol. The highest BCUT2D eigenvalue weighted by molar-refractivity contribution is 5.99. The molecule has 26 heteroatoms. The second kappa shape index (κ2) is 30.1. The summed E-state index contributed by atoms with van der Waals surface area (Å²) in [5.41, 5.74) is 28.8. The first-order valence-corrected chi connectivity index (χ1v) is 24.5. The standard InChI is InChI=1S/C49H72N14O12/c1-26(2)21-32(40(52)67)58-43(70)31(17-11-19-55-49(53)54)57-47(74)37-18-12-20-63(37)48(75)36(24-38(51)64)62-45(72)34(23-30-15-9-6-10-16-30)60-42(69)28(4)56-44(71)33(22-29-13-7-5-8-14-29)61-46(73)35(25-39(65)66)59-41(68)27(3)50/h5-10,13-16,26-28,31-37H,11-12,17-25,50H2,1-4H3,(H2,51,64)(H2,52,67)(H,56,71)(H,57,74)(H,58,70)(H,59,68)(H,60,69)(H,61,73)(H,62,72)(H,65,66)(H4,53,54,55)/t27-,28-,31-,32-,33-,34-,35-,36-,37-/m0/s1. The largest absolute Gasteiger partial charge is 0.481 e. The molecule has 1 aliphatic heterocycles. The van der Waals surface area contributed by atoms with Crippen molar-refractivity contribution in [2.75, 3.05) is 13.1 Å². The summed E-state index contributed by atoms with van der Waals surface area (Å²) < 4.78 is 0. The molecule has 0 spiro atoms. The number of carboxylic acids is 1. The molecule has 3 rings (SSSR count). The molecule has 0 radical (unpaired) electrons. The summed E-state index contributed by atoms with van der Waals surface area (Å²) in [6.07, 6.45) is -1.03. The Kier molecular flexibility index (Phi) is 24.6. The van der Waals surface area contributed by atoms with Crippen LogP contribution in [0.3, 0.4) is 0 Å². The number of nitrogens with one attached hydrogen (secondary N) is 7. The Labute approximate surface area is 434 Å². The summed E-state index contributed by atoms with van der Waals surface area (Å²) in [4.78, 5) is 151. The zero-order chi connectivity index (χ0) is 55.9. The van der Waals surface area contributed by atoms with Gasteiger partial charge in [-0.05, 0) is 63.0 Å². The number of carboxylic acid groups (broad SMARTS) is 1. The van der Waals surface area contributed by atoms with Crippen LogP contribution in [0.25, 0.3) is 0 Å². The fraction of sp³-hybridized carbons (Fsp3) is 0.510. The van der Waals surface area contributed by atoms with Crippen LogP contribution in [0.2, 0.25) is 0 Å². The van der Waals surface area contributed by atoms with E-state index >= 15 is 0 Å². The maximum Gasteiger partial charge on any atom is 0.305 e. The van der Waals surface area contributed by atoms with Crippen molar-refractivity contribution >= 4 is 71.0 Å². The normalized spacial score (nSPS) is 16.2.